The van der Waals surface area contributed by atoms with Crippen molar-refractivity contribution in [3.8, 4) is 0 Å². The van der Waals surface area contributed by atoms with Crippen molar-refractivity contribution in [3.63, 3.8) is 0 Å². The number of carbonyl (C=O) groups is 2. The predicted octanol–water partition coefficient (Wildman–Crippen LogP) is 1.61. The van der Waals surface area contributed by atoms with Crippen LogP contribution in [-0.2, 0) is 4.79 Å². The lowest BCUT2D eigenvalue weighted by Gasteiger charge is -2.22. The van der Waals surface area contributed by atoms with Crippen LogP contribution < -0.4 is 0 Å². The summed E-state index contributed by atoms with van der Waals surface area (Å²) in [5, 5.41) is 0. The number of rotatable bonds is 0. The molecule has 2 heterocycles. The standard InChI is InChI=1S/C10H13F3N2O2/c11-10(12,13)7-5-8(16)15(6-7)9(17)14-3-1-2-4-14/h7H,1-6H2. The monoisotopic (exact) mass is 250 g/mol. The van der Waals surface area contributed by atoms with Crippen molar-refractivity contribution in [1.82, 2.24) is 9.80 Å². The Labute approximate surface area is 96.4 Å². The van der Waals surface area contributed by atoms with Crippen molar-refractivity contribution in [1.29, 1.82) is 0 Å². The molecule has 7 heteroatoms. The normalized spacial score (nSPS) is 25.8. The Morgan fingerprint density at radius 2 is 1.82 bits per heavy atom. The lowest BCUT2D eigenvalue weighted by Crippen LogP contribution is -2.43. The topological polar surface area (TPSA) is 40.6 Å². The quantitative estimate of drug-likeness (QED) is 0.655. The van der Waals surface area contributed by atoms with E-state index in [1.54, 1.807) is 0 Å². The van der Waals surface area contributed by atoms with Crippen molar-refractivity contribution in [2.45, 2.75) is 25.4 Å². The number of halogens is 3. The highest BCUT2D eigenvalue weighted by molar-refractivity contribution is 5.96. The number of carbonyl (C=O) groups excluding carboxylic acids is 2. The van der Waals surface area contributed by atoms with Gasteiger partial charge in [0.15, 0.2) is 0 Å². The first kappa shape index (κ1) is 12.2. The van der Waals surface area contributed by atoms with Crippen molar-refractivity contribution in [2.24, 2.45) is 5.92 Å². The maximum absolute atomic E-state index is 12.4. The Bertz CT molecular complexity index is 337. The molecule has 0 radical (unpaired) electrons. The molecule has 0 saturated carbocycles. The van der Waals surface area contributed by atoms with Gasteiger partial charge in [-0.1, -0.05) is 0 Å². The average Bonchev–Trinajstić information content (AvgIpc) is 2.83. The highest BCUT2D eigenvalue weighted by atomic mass is 19.4. The third kappa shape index (κ3) is 2.37. The van der Waals surface area contributed by atoms with Crippen molar-refractivity contribution in [3.05, 3.63) is 0 Å². The molecule has 1 atom stereocenters. The van der Waals surface area contributed by atoms with Crippen LogP contribution >= 0.6 is 0 Å². The van der Waals surface area contributed by atoms with E-state index in [-0.39, 0.29) is 0 Å². The molecule has 17 heavy (non-hydrogen) atoms. The van der Waals surface area contributed by atoms with Gasteiger partial charge in [-0.15, -0.1) is 0 Å². The highest BCUT2D eigenvalue weighted by Crippen LogP contribution is 2.34. The van der Waals surface area contributed by atoms with Gasteiger partial charge in [-0.25, -0.2) is 4.79 Å². The van der Waals surface area contributed by atoms with Gasteiger partial charge in [-0.2, -0.15) is 13.2 Å². The number of amides is 3. The van der Waals surface area contributed by atoms with Crippen molar-refractivity contribution < 1.29 is 22.8 Å². The lowest BCUT2D eigenvalue weighted by atomic mass is 10.1. The Kier molecular flexibility index (Phi) is 3.01. The van der Waals surface area contributed by atoms with Crippen LogP contribution in [0.2, 0.25) is 0 Å². The zero-order chi connectivity index (χ0) is 12.6. The van der Waals surface area contributed by atoms with Gasteiger partial charge in [-0.3, -0.25) is 9.69 Å². The fourth-order valence-electron chi connectivity index (χ4n) is 2.19. The van der Waals surface area contributed by atoms with E-state index in [1.807, 2.05) is 0 Å². The van der Waals surface area contributed by atoms with Crippen LogP contribution in [0.25, 0.3) is 0 Å². The van der Waals surface area contributed by atoms with Crippen LogP contribution in [0.4, 0.5) is 18.0 Å². The summed E-state index contributed by atoms with van der Waals surface area (Å²) in [7, 11) is 0. The maximum atomic E-state index is 12.4. The van der Waals surface area contributed by atoms with Gasteiger partial charge >= 0.3 is 12.2 Å². The molecule has 0 aromatic carbocycles. The second-order valence-electron chi connectivity index (χ2n) is 4.42. The van der Waals surface area contributed by atoms with E-state index in [0.717, 1.165) is 17.7 Å². The molecule has 0 spiro atoms. The molecule has 96 valence electrons. The number of likely N-dealkylation sites (tertiary alicyclic amines) is 2. The van der Waals surface area contributed by atoms with Crippen molar-refractivity contribution in [2.75, 3.05) is 19.6 Å². The highest BCUT2D eigenvalue weighted by Gasteiger charge is 2.49. The first-order valence-electron chi connectivity index (χ1n) is 5.55. The Hall–Kier alpha value is -1.27. The van der Waals surface area contributed by atoms with E-state index in [9.17, 15) is 22.8 Å². The largest absolute Gasteiger partial charge is 0.394 e. The third-order valence-corrected chi connectivity index (χ3v) is 3.20. The molecule has 1 unspecified atom stereocenters. The second-order valence-corrected chi connectivity index (χ2v) is 4.42. The molecule has 2 fully saturated rings. The summed E-state index contributed by atoms with van der Waals surface area (Å²) in [6.07, 6.45) is -3.33. The summed E-state index contributed by atoms with van der Waals surface area (Å²) < 4.78 is 37.3. The molecule has 2 rings (SSSR count). The van der Waals surface area contributed by atoms with E-state index in [4.69, 9.17) is 0 Å². The minimum absolute atomic E-state index is 0.527. The Morgan fingerprint density at radius 3 is 2.29 bits per heavy atom. The van der Waals surface area contributed by atoms with Gasteiger partial charge in [0.1, 0.15) is 0 Å². The van der Waals surface area contributed by atoms with Crippen LogP contribution in [0.1, 0.15) is 19.3 Å². The van der Waals surface area contributed by atoms with Crippen molar-refractivity contribution >= 4 is 11.9 Å². The minimum atomic E-state index is -4.41. The van der Waals surface area contributed by atoms with Crippen LogP contribution in [0, 0.1) is 5.92 Å². The van der Waals surface area contributed by atoms with Crippen LogP contribution in [0.5, 0.6) is 0 Å². The van der Waals surface area contributed by atoms with E-state index >= 15 is 0 Å². The van der Waals surface area contributed by atoms with E-state index in [1.165, 1.54) is 4.90 Å². The number of imide groups is 1. The van der Waals surface area contributed by atoms with E-state index in [2.05, 4.69) is 0 Å². The van der Waals surface area contributed by atoms with Gasteiger partial charge in [0.25, 0.3) is 0 Å². The third-order valence-electron chi connectivity index (χ3n) is 3.20. The van der Waals surface area contributed by atoms with Gasteiger partial charge in [0.2, 0.25) is 5.91 Å². The molecule has 4 nitrogen and oxygen atoms in total. The Morgan fingerprint density at radius 1 is 1.24 bits per heavy atom. The second kappa shape index (κ2) is 4.19. The molecule has 2 saturated heterocycles. The first-order chi connectivity index (χ1) is 7.89. The molecular formula is C10H13F3N2O2. The molecule has 0 aliphatic carbocycles. The molecular weight excluding hydrogens is 237 g/mol. The number of nitrogens with zero attached hydrogens (tertiary/aromatic N) is 2. The van der Waals surface area contributed by atoms with Gasteiger partial charge < -0.3 is 4.90 Å². The molecule has 0 aromatic rings. The molecule has 3 amide bonds. The molecule has 2 aliphatic heterocycles. The number of alkyl halides is 3. The summed E-state index contributed by atoms with van der Waals surface area (Å²) in [5.74, 6) is -2.43. The van der Waals surface area contributed by atoms with Crippen LogP contribution in [-0.4, -0.2) is 47.5 Å². The minimum Gasteiger partial charge on any atom is -0.324 e. The summed E-state index contributed by atoms with van der Waals surface area (Å²) in [5.41, 5.74) is 0. The molecule has 0 bridgehead atoms. The predicted molar refractivity (Wildman–Crippen MR) is 52.1 cm³/mol. The zero-order valence-corrected chi connectivity index (χ0v) is 9.16. The van der Waals surface area contributed by atoms with Crippen LogP contribution in [0.15, 0.2) is 0 Å². The summed E-state index contributed by atoms with van der Waals surface area (Å²) in [4.78, 5) is 25.4. The fraction of sp³-hybridized carbons (Fsp3) is 0.800. The van der Waals surface area contributed by atoms with Gasteiger partial charge in [0.05, 0.1) is 5.92 Å². The number of hydrogen-bond donors (Lipinski definition) is 0. The van der Waals surface area contributed by atoms with Crippen LogP contribution in [0.3, 0.4) is 0 Å². The zero-order valence-electron chi connectivity index (χ0n) is 9.16. The summed E-state index contributed by atoms with van der Waals surface area (Å²) in [6, 6.07) is -0.570. The number of urea groups is 1. The van der Waals surface area contributed by atoms with E-state index < -0.39 is 37.0 Å². The average molecular weight is 250 g/mol. The van der Waals surface area contributed by atoms with Gasteiger partial charge in [-0.05, 0) is 12.8 Å². The SMILES string of the molecule is O=C1CC(C(F)(F)F)CN1C(=O)N1CCCC1. The van der Waals surface area contributed by atoms with E-state index in [0.29, 0.717) is 13.1 Å². The lowest BCUT2D eigenvalue weighted by molar-refractivity contribution is -0.170. The van der Waals surface area contributed by atoms with Gasteiger partial charge in [0, 0.05) is 26.1 Å². The molecule has 0 N–H and O–H groups in total. The summed E-state index contributed by atoms with van der Waals surface area (Å²) >= 11 is 0. The Balaban J connectivity index is 2.02. The molecule has 0 aromatic heterocycles. The first-order valence-corrected chi connectivity index (χ1v) is 5.55. The summed E-state index contributed by atoms with van der Waals surface area (Å²) in [6.45, 7) is 0.524. The fourth-order valence-corrected chi connectivity index (χ4v) is 2.19. The smallest absolute Gasteiger partial charge is 0.324 e. The maximum Gasteiger partial charge on any atom is 0.394 e. The number of hydrogen-bond acceptors (Lipinski definition) is 2. The molecule has 2 aliphatic rings.